The van der Waals surface area contributed by atoms with Crippen molar-refractivity contribution in [2.75, 3.05) is 19.6 Å². The molecule has 7 heteroatoms. The van der Waals surface area contributed by atoms with Crippen molar-refractivity contribution in [3.8, 4) is 5.75 Å². The van der Waals surface area contributed by atoms with Crippen LogP contribution in [0.15, 0.2) is 18.2 Å². The maximum atomic E-state index is 12.6. The number of nitrogens with two attached hydrogens (primary N) is 1. The molecule has 114 valence electrons. The van der Waals surface area contributed by atoms with Gasteiger partial charge in [0.2, 0.25) is 5.91 Å². The summed E-state index contributed by atoms with van der Waals surface area (Å²) >= 11 is 5.87. The number of nitrogens with zero attached hydrogens (tertiary/aromatic N) is 1. The molecule has 0 radical (unpaired) electrons. The molecule has 0 aromatic heterocycles. The number of hydrogen-bond donors (Lipinski definition) is 3. The molecule has 1 saturated heterocycles. The summed E-state index contributed by atoms with van der Waals surface area (Å²) in [4.78, 5) is 25.3. The average molecular weight is 312 g/mol. The van der Waals surface area contributed by atoms with Crippen molar-refractivity contribution >= 4 is 23.4 Å². The molecule has 0 unspecified atom stereocenters. The third kappa shape index (κ3) is 3.86. The number of phenols is 1. The normalized spacial score (nSPS) is 15.7. The Morgan fingerprint density at radius 2 is 2.05 bits per heavy atom. The number of benzene rings is 1. The van der Waals surface area contributed by atoms with E-state index in [-0.39, 0.29) is 23.9 Å². The number of primary amides is 1. The molecule has 1 aromatic carbocycles. The lowest BCUT2D eigenvalue weighted by atomic mass is 10.0. The van der Waals surface area contributed by atoms with E-state index in [9.17, 15) is 14.7 Å². The number of carbonyl (C=O) groups is 2. The molecule has 0 bridgehead atoms. The monoisotopic (exact) mass is 311 g/mol. The minimum atomic E-state index is -0.580. The van der Waals surface area contributed by atoms with Crippen LogP contribution in [0, 0.1) is 0 Å². The van der Waals surface area contributed by atoms with Crippen LogP contribution < -0.4 is 11.1 Å². The molecule has 1 heterocycles. The van der Waals surface area contributed by atoms with Gasteiger partial charge in [0, 0.05) is 11.1 Å². The van der Waals surface area contributed by atoms with Crippen LogP contribution in [0.4, 0.5) is 0 Å². The van der Waals surface area contributed by atoms with Crippen LogP contribution in [-0.2, 0) is 4.79 Å². The summed E-state index contributed by atoms with van der Waals surface area (Å²) in [6, 6.07) is 4.18. The largest absolute Gasteiger partial charge is 0.507 e. The third-order valence-electron chi connectivity index (χ3n) is 3.53. The fraction of sp³-hybridized carbons (Fsp3) is 0.429. The molecular weight excluding hydrogens is 294 g/mol. The highest BCUT2D eigenvalue weighted by molar-refractivity contribution is 6.31. The Balaban J connectivity index is 2.28. The van der Waals surface area contributed by atoms with E-state index in [4.69, 9.17) is 17.3 Å². The summed E-state index contributed by atoms with van der Waals surface area (Å²) < 4.78 is 0. The van der Waals surface area contributed by atoms with Crippen LogP contribution >= 0.6 is 11.6 Å². The summed E-state index contributed by atoms with van der Waals surface area (Å²) in [5.74, 6) is -1.17. The van der Waals surface area contributed by atoms with Gasteiger partial charge in [-0.25, -0.2) is 0 Å². The molecule has 2 amide bonds. The van der Waals surface area contributed by atoms with E-state index >= 15 is 0 Å². The summed E-state index contributed by atoms with van der Waals surface area (Å²) in [7, 11) is 0. The molecular formula is C14H18ClN3O3. The summed E-state index contributed by atoms with van der Waals surface area (Å²) in [6.07, 6.45) is 1.47. The van der Waals surface area contributed by atoms with Crippen LogP contribution in [0.3, 0.4) is 0 Å². The molecule has 21 heavy (non-hydrogen) atoms. The Kier molecular flexibility index (Phi) is 5.03. The van der Waals surface area contributed by atoms with Crippen molar-refractivity contribution in [3.63, 3.8) is 0 Å². The summed E-state index contributed by atoms with van der Waals surface area (Å²) in [6.45, 7) is 1.37. The lowest BCUT2D eigenvalue weighted by Crippen LogP contribution is -2.49. The van der Waals surface area contributed by atoms with Gasteiger partial charge in [-0.1, -0.05) is 11.6 Å². The Bertz CT molecular complexity index is 544. The van der Waals surface area contributed by atoms with Crippen LogP contribution in [-0.4, -0.2) is 47.5 Å². The van der Waals surface area contributed by atoms with E-state index in [1.54, 1.807) is 0 Å². The number of phenolic OH excluding ortho intramolecular Hbond substituents is 1. The molecule has 0 spiro atoms. The molecule has 1 fully saturated rings. The summed E-state index contributed by atoms with van der Waals surface area (Å²) in [5, 5.41) is 13.4. The first kappa shape index (κ1) is 15.6. The summed E-state index contributed by atoms with van der Waals surface area (Å²) in [5.41, 5.74) is 5.33. The fourth-order valence-electron chi connectivity index (χ4n) is 2.49. The van der Waals surface area contributed by atoms with Crippen molar-refractivity contribution in [1.82, 2.24) is 10.2 Å². The predicted molar refractivity (Wildman–Crippen MR) is 79.2 cm³/mol. The van der Waals surface area contributed by atoms with Gasteiger partial charge in [-0.3, -0.25) is 9.59 Å². The van der Waals surface area contributed by atoms with Gasteiger partial charge >= 0.3 is 0 Å². The second-order valence-electron chi connectivity index (χ2n) is 5.04. The SMILES string of the molecule is NC(=O)CN(C(=O)c1cc(Cl)ccc1O)C1CCNCC1. The smallest absolute Gasteiger partial charge is 0.258 e. The maximum Gasteiger partial charge on any atom is 0.258 e. The number of piperidine rings is 1. The van der Waals surface area contributed by atoms with E-state index in [0.29, 0.717) is 5.02 Å². The minimum Gasteiger partial charge on any atom is -0.507 e. The average Bonchev–Trinajstić information content (AvgIpc) is 2.47. The van der Waals surface area contributed by atoms with E-state index in [1.165, 1.54) is 23.1 Å². The number of amides is 2. The Labute approximate surface area is 127 Å². The van der Waals surface area contributed by atoms with Crippen molar-refractivity contribution < 1.29 is 14.7 Å². The molecule has 2 rings (SSSR count). The minimum absolute atomic E-state index is 0.0790. The quantitative estimate of drug-likeness (QED) is 0.763. The van der Waals surface area contributed by atoms with Crippen LogP contribution in [0.2, 0.25) is 5.02 Å². The highest BCUT2D eigenvalue weighted by Crippen LogP contribution is 2.25. The van der Waals surface area contributed by atoms with Crippen molar-refractivity contribution in [1.29, 1.82) is 0 Å². The van der Waals surface area contributed by atoms with E-state index in [0.717, 1.165) is 25.9 Å². The zero-order chi connectivity index (χ0) is 15.4. The Morgan fingerprint density at radius 3 is 2.67 bits per heavy atom. The van der Waals surface area contributed by atoms with Gasteiger partial charge < -0.3 is 21.1 Å². The van der Waals surface area contributed by atoms with Gasteiger partial charge in [0.25, 0.3) is 5.91 Å². The number of rotatable bonds is 4. The fourth-order valence-corrected chi connectivity index (χ4v) is 2.66. The third-order valence-corrected chi connectivity index (χ3v) is 3.76. The van der Waals surface area contributed by atoms with Gasteiger partial charge in [-0.2, -0.15) is 0 Å². The predicted octanol–water partition coefficient (Wildman–Crippen LogP) is 0.725. The zero-order valence-corrected chi connectivity index (χ0v) is 12.3. The highest BCUT2D eigenvalue weighted by atomic mass is 35.5. The first-order valence-electron chi connectivity index (χ1n) is 6.77. The van der Waals surface area contributed by atoms with Crippen LogP contribution in [0.1, 0.15) is 23.2 Å². The number of carbonyl (C=O) groups excluding carboxylic acids is 2. The van der Waals surface area contributed by atoms with Crippen LogP contribution in [0.25, 0.3) is 0 Å². The molecule has 0 aliphatic carbocycles. The molecule has 0 atom stereocenters. The first-order valence-corrected chi connectivity index (χ1v) is 7.15. The Hall–Kier alpha value is -1.79. The molecule has 4 N–H and O–H groups in total. The molecule has 1 aliphatic heterocycles. The van der Waals surface area contributed by atoms with Gasteiger partial charge in [-0.05, 0) is 44.1 Å². The highest BCUT2D eigenvalue weighted by Gasteiger charge is 2.28. The Morgan fingerprint density at radius 1 is 1.38 bits per heavy atom. The standard InChI is InChI=1S/C14H18ClN3O3/c15-9-1-2-12(19)11(7-9)14(21)18(8-13(16)20)10-3-5-17-6-4-10/h1-2,7,10,17,19H,3-6,8H2,(H2,16,20). The van der Waals surface area contributed by atoms with Crippen molar-refractivity contribution in [2.24, 2.45) is 5.73 Å². The topological polar surface area (TPSA) is 95.7 Å². The van der Waals surface area contributed by atoms with E-state index < -0.39 is 11.8 Å². The first-order chi connectivity index (χ1) is 9.99. The van der Waals surface area contributed by atoms with Gasteiger partial charge in [0.1, 0.15) is 5.75 Å². The van der Waals surface area contributed by atoms with E-state index in [1.807, 2.05) is 0 Å². The number of aromatic hydroxyl groups is 1. The second kappa shape index (κ2) is 6.78. The molecule has 1 aliphatic rings. The number of halogens is 1. The molecule has 1 aromatic rings. The number of hydrogen-bond acceptors (Lipinski definition) is 4. The number of nitrogens with one attached hydrogen (secondary N) is 1. The zero-order valence-electron chi connectivity index (χ0n) is 11.5. The second-order valence-corrected chi connectivity index (χ2v) is 5.48. The maximum absolute atomic E-state index is 12.6. The lowest BCUT2D eigenvalue weighted by molar-refractivity contribution is -0.119. The van der Waals surface area contributed by atoms with Gasteiger partial charge in [0.05, 0.1) is 12.1 Å². The van der Waals surface area contributed by atoms with Crippen molar-refractivity contribution in [3.05, 3.63) is 28.8 Å². The molecule has 6 nitrogen and oxygen atoms in total. The lowest BCUT2D eigenvalue weighted by Gasteiger charge is -2.34. The van der Waals surface area contributed by atoms with Gasteiger partial charge in [0.15, 0.2) is 0 Å². The molecule has 0 saturated carbocycles. The van der Waals surface area contributed by atoms with Crippen molar-refractivity contribution in [2.45, 2.75) is 18.9 Å². The van der Waals surface area contributed by atoms with E-state index in [2.05, 4.69) is 5.32 Å². The van der Waals surface area contributed by atoms with Crippen LogP contribution in [0.5, 0.6) is 5.75 Å². The van der Waals surface area contributed by atoms with Gasteiger partial charge in [-0.15, -0.1) is 0 Å².